The first-order chi connectivity index (χ1) is 11.6. The lowest BCUT2D eigenvalue weighted by atomic mass is 10.1. The minimum Gasteiger partial charge on any atom is -0.444 e. The second-order valence-electron chi connectivity index (χ2n) is 5.45. The molecule has 2 aromatic carbocycles. The molecule has 0 bridgehead atoms. The normalized spacial score (nSPS) is 16.8. The van der Waals surface area contributed by atoms with Crippen LogP contribution in [0.3, 0.4) is 0 Å². The van der Waals surface area contributed by atoms with E-state index in [1.807, 2.05) is 54.6 Å². The van der Waals surface area contributed by atoms with Crippen LogP contribution in [0.1, 0.15) is 11.1 Å². The minimum absolute atomic E-state index is 0.0680. The summed E-state index contributed by atoms with van der Waals surface area (Å²) in [7, 11) is 0. The molecule has 1 heterocycles. The largest absolute Gasteiger partial charge is 0.444 e. The number of carbonyl (C=O) groups is 2. The number of ether oxygens (including phenoxy) is 2. The van der Waals surface area contributed by atoms with Gasteiger partial charge in [-0.2, -0.15) is 0 Å². The van der Waals surface area contributed by atoms with Crippen molar-refractivity contribution in [1.82, 2.24) is 4.90 Å². The highest BCUT2D eigenvalue weighted by Crippen LogP contribution is 2.19. The molecule has 1 saturated heterocycles. The van der Waals surface area contributed by atoms with E-state index in [9.17, 15) is 9.59 Å². The first-order valence-corrected chi connectivity index (χ1v) is 8.60. The first kappa shape index (κ1) is 16.8. The van der Waals surface area contributed by atoms with Crippen LogP contribution in [-0.4, -0.2) is 29.7 Å². The average molecular weight is 437 g/mol. The lowest BCUT2D eigenvalue weighted by molar-refractivity contribution is -0.139. The van der Waals surface area contributed by atoms with E-state index < -0.39 is 18.1 Å². The second-order valence-corrected chi connectivity index (χ2v) is 6.69. The lowest BCUT2D eigenvalue weighted by Crippen LogP contribution is -2.39. The molecule has 2 aromatic rings. The zero-order chi connectivity index (χ0) is 16.9. The van der Waals surface area contributed by atoms with Crippen molar-refractivity contribution in [2.75, 3.05) is 6.73 Å². The van der Waals surface area contributed by atoms with Gasteiger partial charge in [-0.05, 0) is 45.9 Å². The molecule has 0 radical (unpaired) electrons. The molecule has 0 spiro atoms. The van der Waals surface area contributed by atoms with E-state index in [1.165, 1.54) is 4.90 Å². The first-order valence-electron chi connectivity index (χ1n) is 7.52. The number of rotatable bonds is 4. The molecule has 0 unspecified atom stereocenters. The smallest absolute Gasteiger partial charge is 0.413 e. The van der Waals surface area contributed by atoms with Crippen LogP contribution < -0.4 is 0 Å². The number of benzene rings is 2. The number of hydrogen-bond donors (Lipinski definition) is 0. The zero-order valence-electron chi connectivity index (χ0n) is 12.9. The summed E-state index contributed by atoms with van der Waals surface area (Å²) in [5.41, 5.74) is 1.87. The number of nitrogens with zero attached hydrogens (tertiary/aromatic N) is 1. The third-order valence-corrected chi connectivity index (χ3v) is 4.50. The van der Waals surface area contributed by atoms with Crippen molar-refractivity contribution in [3.63, 3.8) is 0 Å². The van der Waals surface area contributed by atoms with Crippen molar-refractivity contribution in [3.8, 4) is 0 Å². The minimum atomic E-state index is -0.645. The number of carbonyl (C=O) groups excluding carboxylic acids is 2. The standard InChI is InChI=1S/C18H16INO4/c19-15-8-6-13(7-9-15)10-16-17(21)24-12-20(16)18(22)23-11-14-4-2-1-3-5-14/h1-9,16H,10-12H2/t16-/m0/s1. The van der Waals surface area contributed by atoms with Gasteiger partial charge in [-0.25, -0.2) is 9.59 Å². The third kappa shape index (κ3) is 4.05. The van der Waals surface area contributed by atoms with Crippen LogP contribution in [0.15, 0.2) is 54.6 Å². The summed E-state index contributed by atoms with van der Waals surface area (Å²) in [4.78, 5) is 25.6. The highest BCUT2D eigenvalue weighted by atomic mass is 127. The van der Waals surface area contributed by atoms with Crippen LogP contribution in [0.5, 0.6) is 0 Å². The summed E-state index contributed by atoms with van der Waals surface area (Å²) in [6.07, 6.45) is -0.129. The predicted molar refractivity (Wildman–Crippen MR) is 96.1 cm³/mol. The Morgan fingerprint density at radius 2 is 1.83 bits per heavy atom. The van der Waals surface area contributed by atoms with Gasteiger partial charge in [0.2, 0.25) is 0 Å². The van der Waals surface area contributed by atoms with Gasteiger partial charge < -0.3 is 9.47 Å². The number of cyclic esters (lactones) is 1. The lowest BCUT2D eigenvalue weighted by Gasteiger charge is -2.19. The van der Waals surface area contributed by atoms with Gasteiger partial charge in [0, 0.05) is 9.99 Å². The van der Waals surface area contributed by atoms with Gasteiger partial charge >= 0.3 is 12.1 Å². The summed E-state index contributed by atoms with van der Waals surface area (Å²) in [6, 6.07) is 16.6. The summed E-state index contributed by atoms with van der Waals surface area (Å²) >= 11 is 2.22. The molecule has 124 valence electrons. The van der Waals surface area contributed by atoms with Crippen molar-refractivity contribution < 1.29 is 19.1 Å². The molecule has 1 amide bonds. The van der Waals surface area contributed by atoms with Crippen LogP contribution in [0, 0.1) is 3.57 Å². The van der Waals surface area contributed by atoms with Crippen molar-refractivity contribution in [3.05, 3.63) is 69.3 Å². The molecular weight excluding hydrogens is 421 g/mol. The maximum Gasteiger partial charge on any atom is 0.413 e. The number of halogens is 1. The Morgan fingerprint density at radius 1 is 1.12 bits per heavy atom. The summed E-state index contributed by atoms with van der Waals surface area (Å²) in [5.74, 6) is -0.398. The Kier molecular flexibility index (Phi) is 5.34. The monoisotopic (exact) mass is 437 g/mol. The van der Waals surface area contributed by atoms with Crippen molar-refractivity contribution in [2.24, 2.45) is 0 Å². The van der Waals surface area contributed by atoms with E-state index in [2.05, 4.69) is 22.6 Å². The van der Waals surface area contributed by atoms with Gasteiger partial charge in [-0.1, -0.05) is 42.5 Å². The molecule has 0 saturated carbocycles. The molecule has 0 aromatic heterocycles. The highest BCUT2D eigenvalue weighted by molar-refractivity contribution is 14.1. The van der Waals surface area contributed by atoms with Crippen molar-refractivity contribution in [1.29, 1.82) is 0 Å². The molecule has 3 rings (SSSR count). The molecule has 5 nitrogen and oxygen atoms in total. The topological polar surface area (TPSA) is 55.8 Å². The predicted octanol–water partition coefficient (Wildman–Crippen LogP) is 3.36. The molecule has 0 aliphatic carbocycles. The fourth-order valence-corrected chi connectivity index (χ4v) is 2.83. The van der Waals surface area contributed by atoms with Crippen LogP contribution >= 0.6 is 22.6 Å². The number of esters is 1. The third-order valence-electron chi connectivity index (χ3n) is 3.78. The Balaban J connectivity index is 1.63. The SMILES string of the molecule is O=C1OCN(C(=O)OCc2ccccc2)[C@H]1Cc1ccc(I)cc1. The number of amides is 1. The van der Waals surface area contributed by atoms with Gasteiger partial charge in [-0.3, -0.25) is 4.90 Å². The van der Waals surface area contributed by atoms with Crippen LogP contribution in [-0.2, 0) is 27.3 Å². The van der Waals surface area contributed by atoms with E-state index >= 15 is 0 Å². The van der Waals surface area contributed by atoms with E-state index in [1.54, 1.807) is 0 Å². The molecule has 24 heavy (non-hydrogen) atoms. The van der Waals surface area contributed by atoms with Gasteiger partial charge in [0.15, 0.2) is 6.73 Å². The van der Waals surface area contributed by atoms with E-state index in [-0.39, 0.29) is 13.3 Å². The molecule has 6 heteroatoms. The van der Waals surface area contributed by atoms with Crippen molar-refractivity contribution in [2.45, 2.75) is 19.1 Å². The maximum absolute atomic E-state index is 12.3. The summed E-state index contributed by atoms with van der Waals surface area (Å²) < 4.78 is 11.4. The fourth-order valence-electron chi connectivity index (χ4n) is 2.47. The van der Waals surface area contributed by atoms with Crippen LogP contribution in [0.4, 0.5) is 4.79 Å². The zero-order valence-corrected chi connectivity index (χ0v) is 15.0. The Hall–Kier alpha value is -2.09. The summed E-state index contributed by atoms with van der Waals surface area (Å²) in [5, 5.41) is 0. The average Bonchev–Trinajstić information content (AvgIpc) is 2.96. The molecular formula is C18H16INO4. The van der Waals surface area contributed by atoms with E-state index in [0.29, 0.717) is 6.42 Å². The van der Waals surface area contributed by atoms with Gasteiger partial charge in [0.1, 0.15) is 12.6 Å². The quantitative estimate of drug-likeness (QED) is 0.544. The molecule has 1 aliphatic heterocycles. The van der Waals surface area contributed by atoms with Gasteiger partial charge in [0.05, 0.1) is 0 Å². The Bertz CT molecular complexity index is 718. The van der Waals surface area contributed by atoms with Gasteiger partial charge in [0.25, 0.3) is 0 Å². The molecule has 1 fully saturated rings. The van der Waals surface area contributed by atoms with Crippen LogP contribution in [0.2, 0.25) is 0 Å². The van der Waals surface area contributed by atoms with Crippen LogP contribution in [0.25, 0.3) is 0 Å². The molecule has 0 N–H and O–H groups in total. The molecule has 1 aliphatic rings. The van der Waals surface area contributed by atoms with E-state index in [0.717, 1.165) is 14.7 Å². The fraction of sp³-hybridized carbons (Fsp3) is 0.222. The van der Waals surface area contributed by atoms with Gasteiger partial charge in [-0.15, -0.1) is 0 Å². The summed E-state index contributed by atoms with van der Waals surface area (Å²) in [6.45, 7) is 0.0993. The molecule has 1 atom stereocenters. The Labute approximate surface area is 153 Å². The van der Waals surface area contributed by atoms with Crippen molar-refractivity contribution >= 4 is 34.7 Å². The Morgan fingerprint density at radius 3 is 2.54 bits per heavy atom. The second kappa shape index (κ2) is 7.65. The van der Waals surface area contributed by atoms with E-state index in [4.69, 9.17) is 9.47 Å². The number of hydrogen-bond acceptors (Lipinski definition) is 4. The maximum atomic E-state index is 12.3. The highest BCUT2D eigenvalue weighted by Gasteiger charge is 2.38.